The van der Waals surface area contributed by atoms with Crippen LogP contribution in [0.5, 0.6) is 0 Å². The van der Waals surface area contributed by atoms with Crippen LogP contribution >= 0.6 is 27.5 Å². The molecule has 0 fully saturated rings. The summed E-state index contributed by atoms with van der Waals surface area (Å²) in [6.07, 6.45) is 0. The van der Waals surface area contributed by atoms with Gasteiger partial charge in [0.05, 0.1) is 11.5 Å². The highest BCUT2D eigenvalue weighted by atomic mass is 79.9. The Morgan fingerprint density at radius 2 is 1.91 bits per heavy atom. The highest BCUT2D eigenvalue weighted by molar-refractivity contribution is 9.10. The summed E-state index contributed by atoms with van der Waals surface area (Å²) in [5.74, 6) is -0.193. The zero-order chi connectivity index (χ0) is 17.0. The summed E-state index contributed by atoms with van der Waals surface area (Å²) in [6.45, 7) is 2.44. The van der Waals surface area contributed by atoms with Gasteiger partial charge in [0.25, 0.3) is 11.6 Å². The number of carbonyl (C=O) groups excluding carboxylic acids is 1. The molecule has 1 amide bonds. The minimum Gasteiger partial charge on any atom is -0.334 e. The van der Waals surface area contributed by atoms with Gasteiger partial charge in [-0.15, -0.1) is 0 Å². The van der Waals surface area contributed by atoms with Crippen molar-refractivity contribution in [1.29, 1.82) is 0 Å². The van der Waals surface area contributed by atoms with E-state index >= 15 is 0 Å². The standard InChI is InChI=1S/C16H14BrClN2O3/c1-2-19(16(21)11-4-7-14(18)8-5-11)10-12-3-6-13(17)9-15(12)20(22)23/h3-9H,2,10H2,1H3. The lowest BCUT2D eigenvalue weighted by atomic mass is 10.1. The SMILES string of the molecule is CCN(Cc1ccc(Br)cc1[N+](=O)[O-])C(=O)c1ccc(Cl)cc1. The van der Waals surface area contributed by atoms with E-state index in [-0.39, 0.29) is 18.1 Å². The Morgan fingerprint density at radius 1 is 1.26 bits per heavy atom. The van der Waals surface area contributed by atoms with Gasteiger partial charge in [-0.2, -0.15) is 0 Å². The molecule has 0 aliphatic rings. The minimum atomic E-state index is -0.444. The van der Waals surface area contributed by atoms with E-state index in [0.29, 0.717) is 27.2 Å². The molecule has 23 heavy (non-hydrogen) atoms. The molecule has 0 unspecified atom stereocenters. The summed E-state index contributed by atoms with van der Waals surface area (Å²) in [6, 6.07) is 11.4. The van der Waals surface area contributed by atoms with Crippen LogP contribution in [0.25, 0.3) is 0 Å². The highest BCUT2D eigenvalue weighted by Gasteiger charge is 2.20. The van der Waals surface area contributed by atoms with Crippen LogP contribution in [0.1, 0.15) is 22.8 Å². The van der Waals surface area contributed by atoms with Crippen molar-refractivity contribution in [3.8, 4) is 0 Å². The van der Waals surface area contributed by atoms with E-state index in [2.05, 4.69) is 15.9 Å². The fourth-order valence-electron chi connectivity index (χ4n) is 2.15. The second-order valence-corrected chi connectivity index (χ2v) is 6.21. The van der Waals surface area contributed by atoms with E-state index in [0.717, 1.165) is 0 Å². The van der Waals surface area contributed by atoms with Gasteiger partial charge in [-0.25, -0.2) is 0 Å². The van der Waals surface area contributed by atoms with Crippen LogP contribution in [0.3, 0.4) is 0 Å². The molecular formula is C16H14BrClN2O3. The number of halogens is 2. The van der Waals surface area contributed by atoms with Crippen LogP contribution < -0.4 is 0 Å². The predicted molar refractivity (Wildman–Crippen MR) is 92.7 cm³/mol. The molecule has 0 saturated heterocycles. The van der Waals surface area contributed by atoms with Crippen LogP contribution in [0.4, 0.5) is 5.69 Å². The quantitative estimate of drug-likeness (QED) is 0.544. The fourth-order valence-corrected chi connectivity index (χ4v) is 2.62. The fraction of sp³-hybridized carbons (Fsp3) is 0.188. The zero-order valence-corrected chi connectivity index (χ0v) is 14.7. The van der Waals surface area contributed by atoms with Crippen molar-refractivity contribution < 1.29 is 9.72 Å². The van der Waals surface area contributed by atoms with Gasteiger partial charge >= 0.3 is 0 Å². The Kier molecular flexibility index (Phi) is 5.74. The van der Waals surface area contributed by atoms with Crippen molar-refractivity contribution in [2.75, 3.05) is 6.54 Å². The first-order valence-corrected chi connectivity index (χ1v) is 8.07. The molecule has 0 aliphatic heterocycles. The first kappa shape index (κ1) is 17.4. The van der Waals surface area contributed by atoms with Gasteiger partial charge in [0.15, 0.2) is 0 Å². The third-order valence-corrected chi connectivity index (χ3v) is 4.11. The normalized spacial score (nSPS) is 10.4. The molecule has 120 valence electrons. The summed E-state index contributed by atoms with van der Waals surface area (Å²) in [5, 5.41) is 11.7. The number of nitro benzene ring substituents is 1. The molecule has 5 nitrogen and oxygen atoms in total. The second-order valence-electron chi connectivity index (χ2n) is 4.86. The van der Waals surface area contributed by atoms with Gasteiger partial charge in [-0.3, -0.25) is 14.9 Å². The summed E-state index contributed by atoms with van der Waals surface area (Å²) in [7, 11) is 0. The lowest BCUT2D eigenvalue weighted by Gasteiger charge is -2.21. The molecule has 0 bridgehead atoms. The average Bonchev–Trinajstić information content (AvgIpc) is 2.53. The zero-order valence-electron chi connectivity index (χ0n) is 12.3. The Hall–Kier alpha value is -1.92. The van der Waals surface area contributed by atoms with Crippen LogP contribution in [0.15, 0.2) is 46.9 Å². The first-order valence-electron chi connectivity index (χ1n) is 6.90. The summed E-state index contributed by atoms with van der Waals surface area (Å²) in [5.41, 5.74) is 0.972. The summed E-state index contributed by atoms with van der Waals surface area (Å²) < 4.78 is 0.625. The minimum absolute atomic E-state index is 0.0123. The van der Waals surface area contributed by atoms with Crippen molar-refractivity contribution in [2.24, 2.45) is 0 Å². The average molecular weight is 398 g/mol. The smallest absolute Gasteiger partial charge is 0.275 e. The van der Waals surface area contributed by atoms with E-state index in [1.54, 1.807) is 41.3 Å². The van der Waals surface area contributed by atoms with Crippen molar-refractivity contribution in [3.05, 3.63) is 73.2 Å². The number of carbonyl (C=O) groups is 1. The number of nitrogens with zero attached hydrogens (tertiary/aromatic N) is 2. The topological polar surface area (TPSA) is 63.4 Å². The van der Waals surface area contributed by atoms with Gasteiger partial charge in [0.2, 0.25) is 0 Å². The Morgan fingerprint density at radius 3 is 2.48 bits per heavy atom. The van der Waals surface area contributed by atoms with E-state index in [9.17, 15) is 14.9 Å². The Labute approximate surface area is 147 Å². The van der Waals surface area contributed by atoms with E-state index in [1.807, 2.05) is 6.92 Å². The maximum absolute atomic E-state index is 12.5. The number of hydrogen-bond acceptors (Lipinski definition) is 3. The number of nitro groups is 1. The maximum Gasteiger partial charge on any atom is 0.275 e. The van der Waals surface area contributed by atoms with Crippen molar-refractivity contribution >= 4 is 39.1 Å². The molecule has 0 spiro atoms. The van der Waals surface area contributed by atoms with Crippen LogP contribution in [0, 0.1) is 10.1 Å². The molecule has 2 aromatic rings. The molecule has 0 heterocycles. The van der Waals surface area contributed by atoms with E-state index in [1.165, 1.54) is 6.07 Å². The molecular weight excluding hydrogens is 384 g/mol. The monoisotopic (exact) mass is 396 g/mol. The number of benzene rings is 2. The van der Waals surface area contributed by atoms with Crippen LogP contribution in [-0.4, -0.2) is 22.3 Å². The van der Waals surface area contributed by atoms with Gasteiger partial charge < -0.3 is 4.90 Å². The van der Waals surface area contributed by atoms with Crippen molar-refractivity contribution in [2.45, 2.75) is 13.5 Å². The predicted octanol–water partition coefficient (Wildman–Crippen LogP) is 4.67. The highest BCUT2D eigenvalue weighted by Crippen LogP contribution is 2.25. The number of rotatable bonds is 5. The van der Waals surface area contributed by atoms with Gasteiger partial charge in [-0.1, -0.05) is 27.5 Å². The number of hydrogen-bond donors (Lipinski definition) is 0. The molecule has 0 radical (unpaired) electrons. The molecule has 2 aromatic carbocycles. The van der Waals surface area contributed by atoms with Crippen molar-refractivity contribution in [3.63, 3.8) is 0 Å². The largest absolute Gasteiger partial charge is 0.334 e. The van der Waals surface area contributed by atoms with Gasteiger partial charge in [0.1, 0.15) is 0 Å². The lowest BCUT2D eigenvalue weighted by molar-refractivity contribution is -0.385. The van der Waals surface area contributed by atoms with Gasteiger partial charge in [-0.05, 0) is 43.3 Å². The molecule has 0 aliphatic carbocycles. The van der Waals surface area contributed by atoms with Crippen molar-refractivity contribution in [1.82, 2.24) is 4.90 Å². The van der Waals surface area contributed by atoms with Gasteiger partial charge in [0, 0.05) is 33.2 Å². The molecule has 0 atom stereocenters. The first-order chi connectivity index (χ1) is 10.9. The summed E-state index contributed by atoms with van der Waals surface area (Å²) >= 11 is 9.05. The molecule has 0 aromatic heterocycles. The third-order valence-electron chi connectivity index (χ3n) is 3.37. The number of amides is 1. The molecule has 2 rings (SSSR count). The lowest BCUT2D eigenvalue weighted by Crippen LogP contribution is -2.30. The molecule has 0 saturated carbocycles. The Bertz CT molecular complexity index is 735. The van der Waals surface area contributed by atoms with Crippen LogP contribution in [0.2, 0.25) is 5.02 Å². The Balaban J connectivity index is 2.27. The van der Waals surface area contributed by atoms with E-state index < -0.39 is 4.92 Å². The molecule has 0 N–H and O–H groups in total. The summed E-state index contributed by atoms with van der Waals surface area (Å²) in [4.78, 5) is 24.8. The van der Waals surface area contributed by atoms with Crippen LogP contribution in [-0.2, 0) is 6.54 Å². The van der Waals surface area contributed by atoms with E-state index in [4.69, 9.17) is 11.6 Å². The maximum atomic E-state index is 12.5. The second kappa shape index (κ2) is 7.57. The molecule has 7 heteroatoms. The third kappa shape index (κ3) is 4.30.